The molecule has 0 aliphatic heterocycles. The monoisotopic (exact) mass is 279 g/mol. The van der Waals surface area contributed by atoms with Gasteiger partial charge in [-0.15, -0.1) is 11.3 Å². The van der Waals surface area contributed by atoms with Crippen LogP contribution in [-0.4, -0.2) is 27.5 Å². The number of rotatable bonds is 4. The highest BCUT2D eigenvalue weighted by Gasteiger charge is 2.41. The van der Waals surface area contributed by atoms with Crippen molar-refractivity contribution in [2.24, 2.45) is 0 Å². The fraction of sp³-hybridized carbons (Fsp3) is 0.538. The van der Waals surface area contributed by atoms with Gasteiger partial charge in [-0.2, -0.15) is 11.8 Å². The Balaban J connectivity index is 1.91. The summed E-state index contributed by atoms with van der Waals surface area (Å²) < 4.78 is 0.455. The van der Waals surface area contributed by atoms with Gasteiger partial charge in [0.1, 0.15) is 17.0 Å². The molecule has 0 bridgehead atoms. The van der Waals surface area contributed by atoms with Crippen LogP contribution in [0.2, 0.25) is 0 Å². The Morgan fingerprint density at radius 2 is 2.17 bits per heavy atom. The van der Waals surface area contributed by atoms with Crippen LogP contribution in [0.25, 0.3) is 10.2 Å². The first-order valence-corrected chi connectivity index (χ1v) is 8.19. The van der Waals surface area contributed by atoms with E-state index in [0.29, 0.717) is 4.75 Å². The third kappa shape index (κ3) is 1.99. The van der Waals surface area contributed by atoms with Crippen LogP contribution >= 0.6 is 23.1 Å². The first kappa shape index (κ1) is 12.2. The molecule has 0 spiro atoms. The molecule has 0 amide bonds. The Bertz CT molecular complexity index is 587. The van der Waals surface area contributed by atoms with Crippen LogP contribution in [0.3, 0.4) is 0 Å². The second-order valence-electron chi connectivity index (χ2n) is 4.93. The lowest BCUT2D eigenvalue weighted by atomic mass is 10.2. The molecule has 1 saturated carbocycles. The van der Waals surface area contributed by atoms with Gasteiger partial charge in [0.15, 0.2) is 0 Å². The van der Waals surface area contributed by atoms with Crippen molar-refractivity contribution >= 4 is 39.1 Å². The topological polar surface area (TPSA) is 37.8 Å². The molecule has 96 valence electrons. The highest BCUT2D eigenvalue weighted by molar-refractivity contribution is 8.00. The van der Waals surface area contributed by atoms with E-state index in [1.54, 1.807) is 17.7 Å². The number of aromatic nitrogens is 2. The molecule has 3 rings (SSSR count). The third-order valence-corrected chi connectivity index (χ3v) is 6.32. The summed E-state index contributed by atoms with van der Waals surface area (Å²) in [4.78, 5) is 11.2. The molecule has 5 heteroatoms. The molecule has 0 saturated heterocycles. The van der Waals surface area contributed by atoms with E-state index in [4.69, 9.17) is 0 Å². The van der Waals surface area contributed by atoms with Gasteiger partial charge in [-0.05, 0) is 38.5 Å². The summed E-state index contributed by atoms with van der Waals surface area (Å²) in [5.41, 5.74) is 1.31. The van der Waals surface area contributed by atoms with Crippen molar-refractivity contribution in [2.75, 3.05) is 18.1 Å². The van der Waals surface area contributed by atoms with E-state index >= 15 is 0 Å². The first-order valence-electron chi connectivity index (χ1n) is 6.15. The number of nitrogens with zero attached hydrogens (tertiary/aromatic N) is 2. The largest absolute Gasteiger partial charge is 0.368 e. The van der Waals surface area contributed by atoms with Gasteiger partial charge in [-0.25, -0.2) is 9.97 Å². The predicted octanol–water partition coefficient (Wildman–Crippen LogP) is 3.62. The van der Waals surface area contributed by atoms with Gasteiger partial charge in [0.2, 0.25) is 0 Å². The number of thioether (sulfide) groups is 1. The van der Waals surface area contributed by atoms with Crippen LogP contribution in [0, 0.1) is 13.8 Å². The molecule has 0 aromatic carbocycles. The number of aryl methyl sites for hydroxylation is 2. The van der Waals surface area contributed by atoms with E-state index in [-0.39, 0.29) is 0 Å². The van der Waals surface area contributed by atoms with Gasteiger partial charge in [0.05, 0.1) is 5.39 Å². The molecule has 1 aliphatic carbocycles. The zero-order valence-electron chi connectivity index (χ0n) is 10.9. The number of thiophene rings is 1. The molecule has 18 heavy (non-hydrogen) atoms. The van der Waals surface area contributed by atoms with Crippen molar-refractivity contribution in [2.45, 2.75) is 31.4 Å². The van der Waals surface area contributed by atoms with Crippen molar-refractivity contribution in [3.05, 3.63) is 16.8 Å². The van der Waals surface area contributed by atoms with E-state index in [0.717, 1.165) is 17.2 Å². The summed E-state index contributed by atoms with van der Waals surface area (Å²) >= 11 is 3.72. The van der Waals surface area contributed by atoms with Gasteiger partial charge in [0, 0.05) is 16.2 Å². The van der Waals surface area contributed by atoms with Crippen LogP contribution in [0.5, 0.6) is 0 Å². The van der Waals surface area contributed by atoms with Crippen LogP contribution in [0.1, 0.15) is 23.3 Å². The van der Waals surface area contributed by atoms with Crippen molar-refractivity contribution < 1.29 is 0 Å². The normalized spacial score (nSPS) is 17.1. The molecule has 0 radical (unpaired) electrons. The maximum absolute atomic E-state index is 4.42. The van der Waals surface area contributed by atoms with Crippen molar-refractivity contribution in [1.29, 1.82) is 0 Å². The van der Waals surface area contributed by atoms with Gasteiger partial charge in [0.25, 0.3) is 0 Å². The van der Waals surface area contributed by atoms with Gasteiger partial charge < -0.3 is 5.32 Å². The Labute approximate surface area is 115 Å². The first-order chi connectivity index (χ1) is 8.65. The van der Waals surface area contributed by atoms with Crippen molar-refractivity contribution in [3.63, 3.8) is 0 Å². The smallest absolute Gasteiger partial charge is 0.138 e. The summed E-state index contributed by atoms with van der Waals surface area (Å²) in [7, 11) is 0. The fourth-order valence-corrected chi connectivity index (χ4v) is 3.88. The SMILES string of the molecule is CSC1(CNc2ncnc3sc(C)c(C)c23)CC1. The van der Waals surface area contributed by atoms with Gasteiger partial charge >= 0.3 is 0 Å². The number of fused-ring (bicyclic) bond motifs is 1. The molecule has 2 heterocycles. The number of hydrogen-bond donors (Lipinski definition) is 1. The van der Waals surface area contributed by atoms with Gasteiger partial charge in [-0.1, -0.05) is 0 Å². The molecule has 1 N–H and O–H groups in total. The summed E-state index contributed by atoms with van der Waals surface area (Å²) in [5, 5.41) is 4.74. The lowest BCUT2D eigenvalue weighted by molar-refractivity contribution is 0.941. The second-order valence-corrected chi connectivity index (χ2v) is 7.40. The van der Waals surface area contributed by atoms with E-state index in [1.165, 1.54) is 28.7 Å². The van der Waals surface area contributed by atoms with E-state index in [9.17, 15) is 0 Å². The average Bonchev–Trinajstić information content (AvgIpc) is 3.10. The molecule has 1 aliphatic rings. The minimum Gasteiger partial charge on any atom is -0.368 e. The summed E-state index contributed by atoms with van der Waals surface area (Å²) in [6.07, 6.45) is 6.50. The molecule has 0 atom stereocenters. The van der Waals surface area contributed by atoms with Crippen LogP contribution in [-0.2, 0) is 0 Å². The summed E-state index contributed by atoms with van der Waals surface area (Å²) in [5.74, 6) is 1.00. The highest BCUT2D eigenvalue weighted by Crippen LogP contribution is 2.47. The third-order valence-electron chi connectivity index (χ3n) is 3.78. The molecule has 1 fully saturated rings. The number of nitrogens with one attached hydrogen (secondary N) is 1. The predicted molar refractivity (Wildman–Crippen MR) is 80.9 cm³/mol. The molecule has 2 aromatic heterocycles. The van der Waals surface area contributed by atoms with Crippen LogP contribution in [0.15, 0.2) is 6.33 Å². The van der Waals surface area contributed by atoms with Crippen LogP contribution in [0.4, 0.5) is 5.82 Å². The van der Waals surface area contributed by atoms with E-state index < -0.39 is 0 Å². The quantitative estimate of drug-likeness (QED) is 0.927. The van der Waals surface area contributed by atoms with Gasteiger partial charge in [-0.3, -0.25) is 0 Å². The Kier molecular flexibility index (Phi) is 2.98. The Hall–Kier alpha value is -0.810. The number of hydrogen-bond acceptors (Lipinski definition) is 5. The highest BCUT2D eigenvalue weighted by atomic mass is 32.2. The Morgan fingerprint density at radius 3 is 2.83 bits per heavy atom. The van der Waals surface area contributed by atoms with Crippen molar-refractivity contribution in [1.82, 2.24) is 9.97 Å². The second kappa shape index (κ2) is 4.38. The lowest BCUT2D eigenvalue weighted by Crippen LogP contribution is -2.18. The maximum Gasteiger partial charge on any atom is 0.138 e. The fourth-order valence-electron chi connectivity index (χ4n) is 2.15. The molecule has 3 nitrogen and oxygen atoms in total. The lowest BCUT2D eigenvalue weighted by Gasteiger charge is -2.14. The summed E-state index contributed by atoms with van der Waals surface area (Å²) in [6.45, 7) is 5.31. The van der Waals surface area contributed by atoms with E-state index in [1.807, 2.05) is 11.8 Å². The number of anilines is 1. The zero-order valence-corrected chi connectivity index (χ0v) is 12.5. The molecular formula is C13H17N3S2. The maximum atomic E-state index is 4.42. The zero-order chi connectivity index (χ0) is 12.8. The standard InChI is InChI=1S/C13H17N3S2/c1-8-9(2)18-12-10(8)11(15-7-16-12)14-6-13(17-3)4-5-13/h7H,4-6H2,1-3H3,(H,14,15,16). The molecule has 2 aromatic rings. The minimum absolute atomic E-state index is 0.455. The molecular weight excluding hydrogens is 262 g/mol. The van der Waals surface area contributed by atoms with Crippen molar-refractivity contribution in [3.8, 4) is 0 Å². The molecule has 0 unspecified atom stereocenters. The van der Waals surface area contributed by atoms with E-state index in [2.05, 4.69) is 35.4 Å². The van der Waals surface area contributed by atoms with Crippen LogP contribution < -0.4 is 5.32 Å². The average molecular weight is 279 g/mol. The summed E-state index contributed by atoms with van der Waals surface area (Å²) in [6, 6.07) is 0. The minimum atomic E-state index is 0.455. The Morgan fingerprint density at radius 1 is 1.39 bits per heavy atom.